The molecule has 17 heavy (non-hydrogen) atoms. The molecule has 0 unspecified atom stereocenters. The van der Waals surface area contributed by atoms with Gasteiger partial charge in [-0.2, -0.15) is 0 Å². The van der Waals surface area contributed by atoms with E-state index < -0.39 is 15.8 Å². The van der Waals surface area contributed by atoms with Gasteiger partial charge < -0.3 is 4.74 Å². The summed E-state index contributed by atoms with van der Waals surface area (Å²) in [7, 11) is -2.04. The van der Waals surface area contributed by atoms with Crippen molar-refractivity contribution in [3.8, 4) is 0 Å². The molecule has 7 heteroatoms. The van der Waals surface area contributed by atoms with Crippen LogP contribution in [0.15, 0.2) is 16.6 Å². The fraction of sp³-hybridized carbons (Fsp3) is 0.400. The van der Waals surface area contributed by atoms with E-state index in [4.69, 9.17) is 4.74 Å². The molecule has 1 aromatic carbocycles. The summed E-state index contributed by atoms with van der Waals surface area (Å²) < 4.78 is 43.7. The van der Waals surface area contributed by atoms with E-state index >= 15 is 0 Å². The number of hydrogen-bond acceptors (Lipinski definition) is 3. The number of rotatable bonds is 5. The van der Waals surface area contributed by atoms with E-state index in [9.17, 15) is 12.8 Å². The third-order valence-electron chi connectivity index (χ3n) is 2.09. The molecule has 4 nitrogen and oxygen atoms in total. The Morgan fingerprint density at radius 1 is 1.47 bits per heavy atom. The molecule has 0 radical (unpaired) electrons. The van der Waals surface area contributed by atoms with Crippen LogP contribution in [0.3, 0.4) is 0 Å². The first-order valence-corrected chi connectivity index (χ1v) is 7.25. The summed E-state index contributed by atoms with van der Waals surface area (Å²) >= 11 is 3.01. The molecular formula is C10H13BrFNO3S. The molecule has 1 rings (SSSR count). The number of benzene rings is 1. The number of ether oxygens (including phenoxy) is 1. The second-order valence-corrected chi connectivity index (χ2v) is 6.19. The molecule has 0 aliphatic rings. The lowest BCUT2D eigenvalue weighted by Crippen LogP contribution is -2.20. The molecule has 1 N–H and O–H groups in total. The van der Waals surface area contributed by atoms with Crippen molar-refractivity contribution in [1.82, 2.24) is 0 Å². The van der Waals surface area contributed by atoms with Crippen molar-refractivity contribution in [2.45, 2.75) is 6.92 Å². The van der Waals surface area contributed by atoms with Crippen molar-refractivity contribution in [1.29, 1.82) is 0 Å². The molecule has 0 spiro atoms. The van der Waals surface area contributed by atoms with E-state index in [1.165, 1.54) is 19.2 Å². The topological polar surface area (TPSA) is 55.4 Å². The van der Waals surface area contributed by atoms with Gasteiger partial charge in [0.1, 0.15) is 5.82 Å². The fourth-order valence-electron chi connectivity index (χ4n) is 1.17. The smallest absolute Gasteiger partial charge is 0.235 e. The molecule has 0 aliphatic heterocycles. The third kappa shape index (κ3) is 4.25. The van der Waals surface area contributed by atoms with Crippen LogP contribution in [0.1, 0.15) is 5.56 Å². The van der Waals surface area contributed by atoms with Crippen LogP contribution in [-0.4, -0.2) is 27.9 Å². The lowest BCUT2D eigenvalue weighted by molar-refractivity contribution is 0.217. The highest BCUT2D eigenvalue weighted by atomic mass is 79.9. The van der Waals surface area contributed by atoms with Gasteiger partial charge in [-0.1, -0.05) is 0 Å². The molecule has 0 atom stereocenters. The minimum atomic E-state index is -3.47. The van der Waals surface area contributed by atoms with Gasteiger partial charge in [-0.15, -0.1) is 0 Å². The second-order valence-electron chi connectivity index (χ2n) is 3.49. The quantitative estimate of drug-likeness (QED) is 0.903. The summed E-state index contributed by atoms with van der Waals surface area (Å²) in [6, 6.07) is 2.66. The highest BCUT2D eigenvalue weighted by Crippen LogP contribution is 2.24. The largest absolute Gasteiger partial charge is 0.384 e. The monoisotopic (exact) mass is 325 g/mol. The normalized spacial score (nSPS) is 11.5. The third-order valence-corrected chi connectivity index (χ3v) is 3.93. The van der Waals surface area contributed by atoms with Gasteiger partial charge in [-0.3, -0.25) is 4.72 Å². The van der Waals surface area contributed by atoms with Crippen LogP contribution in [0.25, 0.3) is 0 Å². The van der Waals surface area contributed by atoms with E-state index in [1.807, 2.05) is 0 Å². The van der Waals surface area contributed by atoms with Crippen LogP contribution in [-0.2, 0) is 14.8 Å². The summed E-state index contributed by atoms with van der Waals surface area (Å²) in [4.78, 5) is 0. The van der Waals surface area contributed by atoms with Crippen molar-refractivity contribution >= 4 is 31.6 Å². The molecule has 1 aromatic rings. The number of halogens is 2. The molecule has 0 aromatic heterocycles. The van der Waals surface area contributed by atoms with Crippen molar-refractivity contribution in [2.24, 2.45) is 0 Å². The summed E-state index contributed by atoms with van der Waals surface area (Å²) in [6.07, 6.45) is 0. The van der Waals surface area contributed by atoms with E-state index in [0.29, 0.717) is 11.3 Å². The Kier molecular flexibility index (Phi) is 4.91. The highest BCUT2D eigenvalue weighted by Gasteiger charge is 2.13. The summed E-state index contributed by atoms with van der Waals surface area (Å²) in [5, 5.41) is 0. The number of hydrogen-bond donors (Lipinski definition) is 1. The number of sulfonamides is 1. The molecule has 0 heterocycles. The van der Waals surface area contributed by atoms with Crippen molar-refractivity contribution < 1.29 is 17.5 Å². The van der Waals surface area contributed by atoms with Gasteiger partial charge in [0.05, 0.1) is 22.5 Å². The van der Waals surface area contributed by atoms with Crippen LogP contribution < -0.4 is 4.72 Å². The molecule has 0 saturated heterocycles. The first-order valence-electron chi connectivity index (χ1n) is 4.81. The predicted octanol–water partition coefficient (Wildman–Crippen LogP) is 2.28. The Labute approximate surface area is 108 Å². The van der Waals surface area contributed by atoms with Gasteiger partial charge in [-0.05, 0) is 40.5 Å². The van der Waals surface area contributed by atoms with Crippen LogP contribution in [0.4, 0.5) is 10.1 Å². The van der Waals surface area contributed by atoms with Gasteiger partial charge in [0.15, 0.2) is 0 Å². The first kappa shape index (κ1) is 14.4. The maximum absolute atomic E-state index is 13.2. The molecule has 96 valence electrons. The van der Waals surface area contributed by atoms with E-state index in [1.54, 1.807) is 6.92 Å². The fourth-order valence-corrected chi connectivity index (χ4v) is 2.55. The summed E-state index contributed by atoms with van der Waals surface area (Å²) in [5.41, 5.74) is 0.876. The minimum Gasteiger partial charge on any atom is -0.384 e. The van der Waals surface area contributed by atoms with Crippen molar-refractivity contribution in [2.75, 3.05) is 24.2 Å². The second kappa shape index (κ2) is 5.79. The summed E-state index contributed by atoms with van der Waals surface area (Å²) in [6.45, 7) is 1.74. The van der Waals surface area contributed by atoms with Crippen LogP contribution in [0, 0.1) is 12.7 Å². The Bertz CT molecular complexity index is 505. The van der Waals surface area contributed by atoms with Gasteiger partial charge in [0, 0.05) is 7.11 Å². The average molecular weight is 326 g/mol. The van der Waals surface area contributed by atoms with Gasteiger partial charge in [0.2, 0.25) is 10.0 Å². The van der Waals surface area contributed by atoms with E-state index in [0.717, 1.165) is 0 Å². The van der Waals surface area contributed by atoms with Gasteiger partial charge in [-0.25, -0.2) is 12.8 Å². The number of nitrogens with one attached hydrogen (secondary N) is 1. The molecule has 0 fully saturated rings. The van der Waals surface area contributed by atoms with Gasteiger partial charge >= 0.3 is 0 Å². The Morgan fingerprint density at radius 3 is 2.71 bits per heavy atom. The maximum Gasteiger partial charge on any atom is 0.235 e. The lowest BCUT2D eigenvalue weighted by atomic mass is 10.2. The standard InChI is InChI=1S/C10H13BrFNO3S/c1-7-5-9(12)8(11)6-10(7)13-17(14,15)4-3-16-2/h5-6,13H,3-4H2,1-2H3. The van der Waals surface area contributed by atoms with E-state index in [-0.39, 0.29) is 16.8 Å². The zero-order valence-corrected chi connectivity index (χ0v) is 11.9. The minimum absolute atomic E-state index is 0.108. The predicted molar refractivity (Wildman–Crippen MR) is 68.1 cm³/mol. The number of aryl methyl sites for hydroxylation is 1. The Hall–Kier alpha value is -0.660. The maximum atomic E-state index is 13.2. The van der Waals surface area contributed by atoms with E-state index in [2.05, 4.69) is 20.7 Å². The van der Waals surface area contributed by atoms with Crippen LogP contribution >= 0.6 is 15.9 Å². The SMILES string of the molecule is COCCS(=O)(=O)Nc1cc(Br)c(F)cc1C. The summed E-state index contributed by atoms with van der Waals surface area (Å²) in [5.74, 6) is -0.569. The average Bonchev–Trinajstić information content (AvgIpc) is 2.23. The van der Waals surface area contributed by atoms with Crippen LogP contribution in [0.2, 0.25) is 0 Å². The number of anilines is 1. The van der Waals surface area contributed by atoms with Crippen molar-refractivity contribution in [3.63, 3.8) is 0 Å². The van der Waals surface area contributed by atoms with Gasteiger partial charge in [0.25, 0.3) is 0 Å². The lowest BCUT2D eigenvalue weighted by Gasteiger charge is -2.11. The number of methoxy groups -OCH3 is 1. The zero-order valence-electron chi connectivity index (χ0n) is 9.46. The molecular weight excluding hydrogens is 313 g/mol. The van der Waals surface area contributed by atoms with Crippen molar-refractivity contribution in [3.05, 3.63) is 28.0 Å². The van der Waals surface area contributed by atoms with Crippen LogP contribution in [0.5, 0.6) is 0 Å². The Balaban J connectivity index is 2.92. The molecule has 0 bridgehead atoms. The molecule has 0 amide bonds. The molecule has 0 saturated carbocycles. The highest BCUT2D eigenvalue weighted by molar-refractivity contribution is 9.10. The zero-order chi connectivity index (χ0) is 13.1. The Morgan fingerprint density at radius 2 is 2.12 bits per heavy atom. The molecule has 0 aliphatic carbocycles. The first-order chi connectivity index (χ1) is 7.85.